The van der Waals surface area contributed by atoms with Crippen molar-refractivity contribution in [1.82, 2.24) is 9.88 Å². The van der Waals surface area contributed by atoms with Crippen LogP contribution in [0.5, 0.6) is 0 Å². The quantitative estimate of drug-likeness (QED) is 0.197. The molecule has 7 rings (SSSR count). The molecule has 1 aliphatic rings. The molecule has 0 saturated heterocycles. The number of amides is 1. The smallest absolute Gasteiger partial charge is 0.335 e. The van der Waals surface area contributed by atoms with Crippen LogP contribution in [0.15, 0.2) is 134 Å². The molecule has 1 fully saturated rings. The standard InChI is InChI=1S/C38H30N2O3/c41-36(39-38(20-21-38)33-17-15-30(16-18-33)37(42)43)34-24-32(28-9-5-2-6-10-28)23-31-19-22-40(35(31)34)25-26-11-13-29(14-12-26)27-7-3-1-4-8-27/h1-19,22-24H,20-21,25H2,(H,39,41)(H,42,43). The Kier molecular flexibility index (Phi) is 6.63. The van der Waals surface area contributed by atoms with Crippen LogP contribution in [0, 0.1) is 0 Å². The molecule has 6 aromatic rings. The average molecular weight is 563 g/mol. The third-order valence-corrected chi connectivity index (χ3v) is 8.41. The van der Waals surface area contributed by atoms with E-state index in [0.29, 0.717) is 12.1 Å². The Morgan fingerprint density at radius 2 is 1.30 bits per heavy atom. The summed E-state index contributed by atoms with van der Waals surface area (Å²) < 4.78 is 2.15. The van der Waals surface area contributed by atoms with Crippen LogP contribution < -0.4 is 5.32 Å². The molecular formula is C38H30N2O3. The lowest BCUT2D eigenvalue weighted by Gasteiger charge is -2.20. The molecule has 0 aliphatic heterocycles. The fraction of sp³-hybridized carbons (Fsp3) is 0.105. The highest BCUT2D eigenvalue weighted by Crippen LogP contribution is 2.46. The van der Waals surface area contributed by atoms with Crippen LogP contribution >= 0.6 is 0 Å². The number of fused-ring (bicyclic) bond motifs is 1. The summed E-state index contributed by atoms with van der Waals surface area (Å²) in [5.74, 6) is -1.10. The molecule has 5 heteroatoms. The van der Waals surface area contributed by atoms with Crippen LogP contribution in [-0.4, -0.2) is 21.6 Å². The van der Waals surface area contributed by atoms with Crippen molar-refractivity contribution in [3.63, 3.8) is 0 Å². The maximum absolute atomic E-state index is 14.1. The van der Waals surface area contributed by atoms with Gasteiger partial charge in [-0.05, 0) is 76.6 Å². The molecule has 0 spiro atoms. The number of carbonyl (C=O) groups excluding carboxylic acids is 1. The largest absolute Gasteiger partial charge is 0.478 e. The zero-order valence-electron chi connectivity index (χ0n) is 23.5. The first-order valence-corrected chi connectivity index (χ1v) is 14.5. The minimum absolute atomic E-state index is 0.137. The molecule has 0 bridgehead atoms. The predicted octanol–water partition coefficient (Wildman–Crippen LogP) is 8.14. The zero-order valence-corrected chi connectivity index (χ0v) is 23.5. The number of nitrogens with zero attached hydrogens (tertiary/aromatic N) is 1. The number of nitrogens with one attached hydrogen (secondary N) is 1. The second-order valence-corrected chi connectivity index (χ2v) is 11.3. The maximum atomic E-state index is 14.1. The van der Waals surface area contributed by atoms with E-state index < -0.39 is 11.5 Å². The van der Waals surface area contributed by atoms with Gasteiger partial charge in [-0.15, -0.1) is 0 Å². The number of hydrogen-bond acceptors (Lipinski definition) is 2. The van der Waals surface area contributed by atoms with E-state index in [0.717, 1.165) is 46.0 Å². The number of carboxylic acids is 1. The molecule has 43 heavy (non-hydrogen) atoms. The van der Waals surface area contributed by atoms with Crippen molar-refractivity contribution in [1.29, 1.82) is 0 Å². The third kappa shape index (κ3) is 5.22. The molecule has 1 amide bonds. The molecule has 0 unspecified atom stereocenters. The van der Waals surface area contributed by atoms with Crippen LogP contribution in [0.25, 0.3) is 33.2 Å². The van der Waals surface area contributed by atoms with E-state index >= 15 is 0 Å². The van der Waals surface area contributed by atoms with Gasteiger partial charge in [-0.25, -0.2) is 4.79 Å². The van der Waals surface area contributed by atoms with Gasteiger partial charge in [0.1, 0.15) is 0 Å². The van der Waals surface area contributed by atoms with Crippen molar-refractivity contribution in [3.8, 4) is 22.3 Å². The highest BCUT2D eigenvalue weighted by Gasteiger charge is 2.46. The normalized spacial score (nSPS) is 13.5. The summed E-state index contributed by atoms with van der Waals surface area (Å²) in [6, 6.07) is 42.1. The number of benzene rings is 5. The Labute approximate surface area is 250 Å². The topological polar surface area (TPSA) is 71.3 Å². The molecular weight excluding hydrogens is 532 g/mol. The van der Waals surface area contributed by atoms with Gasteiger partial charge < -0.3 is 15.0 Å². The Balaban J connectivity index is 1.24. The molecule has 0 atom stereocenters. The van der Waals surface area contributed by atoms with Crippen molar-refractivity contribution in [2.75, 3.05) is 0 Å². The van der Waals surface area contributed by atoms with Gasteiger partial charge in [0.05, 0.1) is 22.2 Å². The number of carbonyl (C=O) groups is 2. The summed E-state index contributed by atoms with van der Waals surface area (Å²) >= 11 is 0. The van der Waals surface area contributed by atoms with Gasteiger partial charge >= 0.3 is 5.97 Å². The summed E-state index contributed by atoms with van der Waals surface area (Å²) in [5, 5.41) is 13.6. The van der Waals surface area contributed by atoms with E-state index in [4.69, 9.17) is 0 Å². The lowest BCUT2D eigenvalue weighted by molar-refractivity contribution is 0.0696. The summed E-state index contributed by atoms with van der Waals surface area (Å²) in [4.78, 5) is 25.5. The molecule has 1 saturated carbocycles. The molecule has 5 aromatic carbocycles. The van der Waals surface area contributed by atoms with Gasteiger partial charge in [-0.1, -0.05) is 97.1 Å². The molecule has 5 nitrogen and oxygen atoms in total. The van der Waals surface area contributed by atoms with Crippen molar-refractivity contribution in [3.05, 3.63) is 156 Å². The Morgan fingerprint density at radius 1 is 0.698 bits per heavy atom. The third-order valence-electron chi connectivity index (χ3n) is 8.41. The molecule has 1 heterocycles. The number of rotatable bonds is 8. The fourth-order valence-electron chi connectivity index (χ4n) is 5.91. The number of aromatic carboxylic acids is 1. The minimum atomic E-state index is -0.962. The minimum Gasteiger partial charge on any atom is -0.478 e. The Bertz CT molecular complexity index is 1940. The van der Waals surface area contributed by atoms with Crippen LogP contribution in [0.2, 0.25) is 0 Å². The lowest BCUT2D eigenvalue weighted by atomic mass is 9.98. The molecule has 1 aromatic heterocycles. The van der Waals surface area contributed by atoms with Crippen molar-refractivity contribution in [2.24, 2.45) is 0 Å². The van der Waals surface area contributed by atoms with Gasteiger partial charge in [-0.2, -0.15) is 0 Å². The first-order chi connectivity index (χ1) is 21.0. The Morgan fingerprint density at radius 3 is 1.91 bits per heavy atom. The van der Waals surface area contributed by atoms with E-state index in [1.807, 2.05) is 54.6 Å². The van der Waals surface area contributed by atoms with E-state index in [1.54, 1.807) is 12.1 Å². The first-order valence-electron chi connectivity index (χ1n) is 14.5. The van der Waals surface area contributed by atoms with E-state index in [2.05, 4.69) is 76.7 Å². The van der Waals surface area contributed by atoms with E-state index in [-0.39, 0.29) is 11.5 Å². The van der Waals surface area contributed by atoms with Gasteiger partial charge in [0.2, 0.25) is 0 Å². The van der Waals surface area contributed by atoms with Gasteiger partial charge in [0.15, 0.2) is 0 Å². The molecule has 210 valence electrons. The molecule has 2 N–H and O–H groups in total. The molecule has 1 aliphatic carbocycles. The SMILES string of the molecule is O=C(O)c1ccc(C2(NC(=O)c3cc(-c4ccccc4)cc4ccn(Cc5ccc(-c6ccccc6)cc5)c34)CC2)cc1. The van der Waals surface area contributed by atoms with Crippen LogP contribution in [0.1, 0.15) is 44.7 Å². The number of aromatic nitrogens is 1. The van der Waals surface area contributed by atoms with Crippen LogP contribution in [-0.2, 0) is 12.1 Å². The number of hydrogen-bond donors (Lipinski definition) is 2. The van der Waals surface area contributed by atoms with E-state index in [1.165, 1.54) is 11.1 Å². The fourth-order valence-corrected chi connectivity index (χ4v) is 5.91. The second kappa shape index (κ2) is 10.8. The highest BCUT2D eigenvalue weighted by molar-refractivity contribution is 6.08. The molecule has 0 radical (unpaired) electrons. The second-order valence-electron chi connectivity index (χ2n) is 11.3. The Hall–Kier alpha value is -5.42. The highest BCUT2D eigenvalue weighted by atomic mass is 16.4. The van der Waals surface area contributed by atoms with Gasteiger partial charge in [0.25, 0.3) is 5.91 Å². The summed E-state index contributed by atoms with van der Waals surface area (Å²) in [5.41, 5.74) is 7.71. The van der Waals surface area contributed by atoms with Crippen LogP contribution in [0.4, 0.5) is 0 Å². The van der Waals surface area contributed by atoms with Crippen LogP contribution in [0.3, 0.4) is 0 Å². The lowest BCUT2D eigenvalue weighted by Crippen LogP contribution is -2.35. The maximum Gasteiger partial charge on any atom is 0.335 e. The average Bonchev–Trinajstić information content (AvgIpc) is 3.73. The van der Waals surface area contributed by atoms with Crippen molar-refractivity contribution >= 4 is 22.8 Å². The van der Waals surface area contributed by atoms with Crippen molar-refractivity contribution < 1.29 is 14.7 Å². The summed E-state index contributed by atoms with van der Waals surface area (Å²) in [6.07, 6.45) is 3.67. The van der Waals surface area contributed by atoms with Gasteiger partial charge in [-0.3, -0.25) is 4.79 Å². The van der Waals surface area contributed by atoms with Crippen molar-refractivity contribution in [2.45, 2.75) is 24.9 Å². The van der Waals surface area contributed by atoms with Gasteiger partial charge in [0, 0.05) is 18.1 Å². The predicted molar refractivity (Wildman–Crippen MR) is 170 cm³/mol. The summed E-state index contributed by atoms with van der Waals surface area (Å²) in [6.45, 7) is 0.630. The monoisotopic (exact) mass is 562 g/mol. The number of carboxylic acid groups (broad SMARTS) is 1. The summed E-state index contributed by atoms with van der Waals surface area (Å²) in [7, 11) is 0. The first kappa shape index (κ1) is 26.5. The van der Waals surface area contributed by atoms with E-state index in [9.17, 15) is 14.7 Å². The zero-order chi connectivity index (χ0) is 29.4.